The second kappa shape index (κ2) is 6.11. The van der Waals surface area contributed by atoms with Gasteiger partial charge in [0.25, 0.3) is 0 Å². The van der Waals surface area contributed by atoms with Crippen molar-refractivity contribution < 1.29 is 8.42 Å². The number of nitrogens with one attached hydrogen (secondary N) is 1. The molecule has 1 rings (SSSR count). The van der Waals surface area contributed by atoms with Crippen molar-refractivity contribution >= 4 is 27.1 Å². The van der Waals surface area contributed by atoms with Crippen molar-refractivity contribution in [3.8, 4) is 0 Å². The first-order valence-corrected chi connectivity index (χ1v) is 7.43. The van der Waals surface area contributed by atoms with Crippen molar-refractivity contribution in [2.45, 2.75) is 13.3 Å². The fraction of sp³-hybridized carbons (Fsp3) is 0.455. The third-order valence-electron chi connectivity index (χ3n) is 2.10. The Morgan fingerprint density at radius 1 is 1.19 bits per heavy atom. The Balaban J connectivity index is 2.39. The summed E-state index contributed by atoms with van der Waals surface area (Å²) in [6.45, 7) is 2.30. The number of hydrogen-bond donors (Lipinski definition) is 1. The van der Waals surface area contributed by atoms with Crippen LogP contribution in [-0.4, -0.2) is 26.5 Å². The maximum Gasteiger partial charge on any atom is 0.152 e. The van der Waals surface area contributed by atoms with Crippen LogP contribution in [0.4, 0.5) is 5.69 Å². The van der Waals surface area contributed by atoms with Gasteiger partial charge in [-0.05, 0) is 30.7 Å². The monoisotopic (exact) mass is 261 g/mol. The lowest BCUT2D eigenvalue weighted by Gasteiger charge is -2.06. The van der Waals surface area contributed by atoms with Crippen molar-refractivity contribution in [1.29, 1.82) is 0 Å². The average Bonchev–Trinajstić information content (AvgIpc) is 2.20. The first-order chi connectivity index (χ1) is 7.53. The molecule has 0 aromatic heterocycles. The van der Waals surface area contributed by atoms with Crippen molar-refractivity contribution in [2.75, 3.05) is 23.4 Å². The molecule has 1 N–H and O–H groups in total. The van der Waals surface area contributed by atoms with Gasteiger partial charge in [-0.1, -0.05) is 18.5 Å². The second-order valence-electron chi connectivity index (χ2n) is 3.59. The van der Waals surface area contributed by atoms with Crippen LogP contribution in [0.3, 0.4) is 0 Å². The van der Waals surface area contributed by atoms with Crippen LogP contribution < -0.4 is 5.32 Å². The van der Waals surface area contributed by atoms with Gasteiger partial charge in [0.2, 0.25) is 0 Å². The van der Waals surface area contributed by atoms with Crippen LogP contribution in [0.25, 0.3) is 0 Å². The van der Waals surface area contributed by atoms with Crippen LogP contribution in [0.5, 0.6) is 0 Å². The SMILES string of the molecule is CCCS(=O)(=O)CCNc1ccc(Cl)cc1. The van der Waals surface area contributed by atoms with E-state index >= 15 is 0 Å². The largest absolute Gasteiger partial charge is 0.384 e. The molecule has 0 fully saturated rings. The smallest absolute Gasteiger partial charge is 0.152 e. The van der Waals surface area contributed by atoms with Crippen LogP contribution >= 0.6 is 11.6 Å². The molecular formula is C11H16ClNO2S. The van der Waals surface area contributed by atoms with E-state index in [1.807, 2.05) is 19.1 Å². The van der Waals surface area contributed by atoms with Crippen molar-refractivity contribution in [3.63, 3.8) is 0 Å². The molecular weight excluding hydrogens is 246 g/mol. The summed E-state index contributed by atoms with van der Waals surface area (Å²) in [6, 6.07) is 7.19. The Hall–Kier alpha value is -0.740. The molecule has 0 aliphatic heterocycles. The maximum absolute atomic E-state index is 11.4. The number of hydrogen-bond acceptors (Lipinski definition) is 3. The third kappa shape index (κ3) is 4.86. The minimum atomic E-state index is -2.90. The fourth-order valence-electron chi connectivity index (χ4n) is 1.33. The van der Waals surface area contributed by atoms with Gasteiger partial charge in [0, 0.05) is 23.0 Å². The van der Waals surface area contributed by atoms with Crippen molar-refractivity contribution in [1.82, 2.24) is 0 Å². The highest BCUT2D eigenvalue weighted by Crippen LogP contribution is 2.13. The predicted octanol–water partition coefficient (Wildman–Crippen LogP) is 2.58. The summed E-state index contributed by atoms with van der Waals surface area (Å²) in [6.07, 6.45) is 0.670. The van der Waals surface area contributed by atoms with E-state index in [9.17, 15) is 8.42 Å². The van der Waals surface area contributed by atoms with Gasteiger partial charge in [-0.2, -0.15) is 0 Å². The highest BCUT2D eigenvalue weighted by Gasteiger charge is 2.08. The third-order valence-corrected chi connectivity index (χ3v) is 4.21. The zero-order valence-electron chi connectivity index (χ0n) is 9.24. The molecule has 0 spiro atoms. The molecule has 16 heavy (non-hydrogen) atoms. The number of halogens is 1. The molecule has 0 saturated heterocycles. The molecule has 5 heteroatoms. The minimum Gasteiger partial charge on any atom is -0.384 e. The van der Waals surface area contributed by atoms with E-state index in [2.05, 4.69) is 5.32 Å². The topological polar surface area (TPSA) is 46.2 Å². The summed E-state index contributed by atoms with van der Waals surface area (Å²) >= 11 is 5.74. The van der Waals surface area contributed by atoms with Crippen LogP contribution in [0.1, 0.15) is 13.3 Å². The molecule has 0 aliphatic rings. The molecule has 0 radical (unpaired) electrons. The van der Waals surface area contributed by atoms with E-state index < -0.39 is 9.84 Å². The Morgan fingerprint density at radius 3 is 2.38 bits per heavy atom. The van der Waals surface area contributed by atoms with Crippen LogP contribution in [0.2, 0.25) is 5.02 Å². The van der Waals surface area contributed by atoms with E-state index in [1.54, 1.807) is 12.1 Å². The second-order valence-corrected chi connectivity index (χ2v) is 6.33. The van der Waals surface area contributed by atoms with E-state index in [0.717, 1.165) is 5.69 Å². The molecule has 1 aromatic rings. The zero-order chi connectivity index (χ0) is 12.0. The molecule has 90 valence electrons. The summed E-state index contributed by atoms with van der Waals surface area (Å²) in [5.41, 5.74) is 0.885. The molecule has 0 amide bonds. The van der Waals surface area contributed by atoms with Gasteiger partial charge in [0.05, 0.1) is 5.75 Å². The Kier molecular flexibility index (Phi) is 5.09. The Bertz CT molecular complexity index is 414. The summed E-state index contributed by atoms with van der Waals surface area (Å²) < 4.78 is 22.8. The van der Waals surface area contributed by atoms with Gasteiger partial charge in [0.1, 0.15) is 0 Å². The zero-order valence-corrected chi connectivity index (χ0v) is 10.8. The first-order valence-electron chi connectivity index (χ1n) is 5.23. The van der Waals surface area contributed by atoms with Crippen LogP contribution in [0, 0.1) is 0 Å². The highest BCUT2D eigenvalue weighted by atomic mass is 35.5. The quantitative estimate of drug-likeness (QED) is 0.856. The Morgan fingerprint density at radius 2 is 1.81 bits per heavy atom. The van der Waals surface area contributed by atoms with Gasteiger partial charge in [-0.15, -0.1) is 0 Å². The lowest BCUT2D eigenvalue weighted by molar-refractivity contribution is 0.595. The van der Waals surface area contributed by atoms with Crippen molar-refractivity contribution in [3.05, 3.63) is 29.3 Å². The normalized spacial score (nSPS) is 11.4. The minimum absolute atomic E-state index is 0.170. The molecule has 0 heterocycles. The van der Waals surface area contributed by atoms with Gasteiger partial charge in [-0.3, -0.25) is 0 Å². The van der Waals surface area contributed by atoms with E-state index in [-0.39, 0.29) is 11.5 Å². The average molecular weight is 262 g/mol. The first kappa shape index (κ1) is 13.3. The molecule has 3 nitrogen and oxygen atoms in total. The van der Waals surface area contributed by atoms with E-state index in [0.29, 0.717) is 18.0 Å². The number of sulfone groups is 1. The Labute approximate surface area is 102 Å². The van der Waals surface area contributed by atoms with Gasteiger partial charge >= 0.3 is 0 Å². The van der Waals surface area contributed by atoms with Crippen molar-refractivity contribution in [2.24, 2.45) is 0 Å². The summed E-state index contributed by atoms with van der Waals surface area (Å²) in [5.74, 6) is 0.429. The molecule has 0 atom stereocenters. The lowest BCUT2D eigenvalue weighted by Crippen LogP contribution is -2.18. The van der Waals surface area contributed by atoms with Gasteiger partial charge < -0.3 is 5.32 Å². The van der Waals surface area contributed by atoms with E-state index in [1.165, 1.54) is 0 Å². The summed E-state index contributed by atoms with van der Waals surface area (Å²) in [7, 11) is -2.90. The standard InChI is InChI=1S/C11H16ClNO2S/c1-2-8-16(14,15)9-7-13-11-5-3-10(12)4-6-11/h3-6,13H,2,7-9H2,1H3. The number of anilines is 1. The number of rotatable bonds is 6. The molecule has 0 bridgehead atoms. The van der Waals surface area contributed by atoms with Crippen LogP contribution in [0.15, 0.2) is 24.3 Å². The predicted molar refractivity (Wildman–Crippen MR) is 68.9 cm³/mol. The molecule has 1 aromatic carbocycles. The summed E-state index contributed by atoms with van der Waals surface area (Å²) in [5, 5.41) is 3.72. The molecule has 0 aliphatic carbocycles. The number of benzene rings is 1. The lowest BCUT2D eigenvalue weighted by atomic mass is 10.3. The highest BCUT2D eigenvalue weighted by molar-refractivity contribution is 7.91. The van der Waals surface area contributed by atoms with Gasteiger partial charge in [0.15, 0.2) is 9.84 Å². The molecule has 0 saturated carbocycles. The fourth-order valence-corrected chi connectivity index (χ4v) is 2.70. The summed E-state index contributed by atoms with van der Waals surface area (Å²) in [4.78, 5) is 0. The van der Waals surface area contributed by atoms with Gasteiger partial charge in [-0.25, -0.2) is 8.42 Å². The maximum atomic E-state index is 11.4. The van der Waals surface area contributed by atoms with E-state index in [4.69, 9.17) is 11.6 Å². The molecule has 0 unspecified atom stereocenters. The van der Waals surface area contributed by atoms with Crippen LogP contribution in [-0.2, 0) is 9.84 Å².